The number of nitrogens with zero attached hydrogens (tertiary/aromatic N) is 7. The third-order valence-electron chi connectivity index (χ3n) is 6.41. The molecule has 7 heteroatoms. The van der Waals surface area contributed by atoms with Crippen LogP contribution in [0, 0.1) is 0 Å². The number of fused-ring (bicyclic) bond motifs is 1. The van der Waals surface area contributed by atoms with Crippen LogP contribution in [0.3, 0.4) is 0 Å². The van der Waals surface area contributed by atoms with Gasteiger partial charge in [0.2, 0.25) is 0 Å². The summed E-state index contributed by atoms with van der Waals surface area (Å²) in [6.45, 7) is 11.3. The summed E-state index contributed by atoms with van der Waals surface area (Å²) < 4.78 is 2.04. The first-order chi connectivity index (χ1) is 14.2. The summed E-state index contributed by atoms with van der Waals surface area (Å²) in [7, 11) is 0. The molecule has 7 nitrogen and oxygen atoms in total. The zero-order chi connectivity index (χ0) is 19.8. The quantitative estimate of drug-likeness (QED) is 0.681. The van der Waals surface area contributed by atoms with E-state index in [2.05, 4.69) is 55.6 Å². The van der Waals surface area contributed by atoms with Crippen molar-refractivity contribution >= 4 is 17.0 Å². The predicted molar refractivity (Wildman–Crippen MR) is 116 cm³/mol. The molecule has 2 aliphatic rings. The van der Waals surface area contributed by atoms with Crippen LogP contribution in [0.5, 0.6) is 0 Å². The highest BCUT2D eigenvalue weighted by Crippen LogP contribution is 2.28. The van der Waals surface area contributed by atoms with E-state index < -0.39 is 0 Å². The molecule has 0 radical (unpaired) electrons. The van der Waals surface area contributed by atoms with Gasteiger partial charge in [-0.25, -0.2) is 15.0 Å². The minimum absolute atomic E-state index is 0.602. The normalized spacial score (nSPS) is 21.5. The summed E-state index contributed by atoms with van der Waals surface area (Å²) in [4.78, 5) is 21.5. The second kappa shape index (κ2) is 7.72. The molecule has 1 aromatic carbocycles. The monoisotopic (exact) mass is 391 g/mol. The van der Waals surface area contributed by atoms with Crippen LogP contribution in [0.2, 0.25) is 0 Å². The van der Waals surface area contributed by atoms with E-state index in [1.165, 1.54) is 32.6 Å². The molecule has 2 aromatic heterocycles. The van der Waals surface area contributed by atoms with Crippen LogP contribution in [-0.2, 0) is 0 Å². The Morgan fingerprint density at radius 1 is 0.931 bits per heavy atom. The van der Waals surface area contributed by atoms with Gasteiger partial charge in [-0.2, -0.15) is 0 Å². The van der Waals surface area contributed by atoms with Crippen molar-refractivity contribution in [3.63, 3.8) is 0 Å². The zero-order valence-corrected chi connectivity index (χ0v) is 17.3. The number of anilines is 1. The lowest BCUT2D eigenvalue weighted by molar-refractivity contribution is 0.0842. The van der Waals surface area contributed by atoms with Crippen molar-refractivity contribution in [2.45, 2.75) is 32.4 Å². The van der Waals surface area contributed by atoms with Gasteiger partial charge in [-0.05, 0) is 32.4 Å². The summed E-state index contributed by atoms with van der Waals surface area (Å²) in [6.07, 6.45) is 4.72. The second-order valence-electron chi connectivity index (χ2n) is 8.37. The molecule has 3 aromatic rings. The Hall–Kier alpha value is -2.51. The molecule has 1 atom stereocenters. The van der Waals surface area contributed by atoms with Crippen LogP contribution in [0.25, 0.3) is 16.9 Å². The van der Waals surface area contributed by atoms with Gasteiger partial charge in [0.05, 0.1) is 0 Å². The first-order valence-corrected chi connectivity index (χ1v) is 10.7. The van der Waals surface area contributed by atoms with Gasteiger partial charge >= 0.3 is 0 Å². The number of para-hydroxylation sites is 1. The summed E-state index contributed by atoms with van der Waals surface area (Å²) in [5, 5.41) is 0. The smallest absolute Gasteiger partial charge is 0.170 e. The van der Waals surface area contributed by atoms with Crippen molar-refractivity contribution in [3.8, 4) is 5.69 Å². The second-order valence-corrected chi connectivity index (χ2v) is 8.37. The molecule has 2 aliphatic heterocycles. The summed E-state index contributed by atoms with van der Waals surface area (Å²) in [5.41, 5.74) is 2.83. The van der Waals surface area contributed by atoms with Crippen LogP contribution in [0.1, 0.15) is 20.3 Å². The molecule has 0 N–H and O–H groups in total. The lowest BCUT2D eigenvalue weighted by Gasteiger charge is -2.39. The summed E-state index contributed by atoms with van der Waals surface area (Å²) in [6, 6.07) is 11.5. The minimum Gasteiger partial charge on any atom is -0.353 e. The van der Waals surface area contributed by atoms with Crippen molar-refractivity contribution < 1.29 is 0 Å². The van der Waals surface area contributed by atoms with Gasteiger partial charge < -0.3 is 4.90 Å². The third kappa shape index (κ3) is 3.49. The van der Waals surface area contributed by atoms with Crippen LogP contribution in [0.4, 0.5) is 5.82 Å². The standard InChI is InChI=1S/C22H29N7/c1-17(2)26-10-12-27(13-11-26)19-8-9-28(14-19)21-20-22(24-15-23-21)29(16-25-20)18-6-4-3-5-7-18/h3-7,15-17,19H,8-14H2,1-2H3. The summed E-state index contributed by atoms with van der Waals surface area (Å²) >= 11 is 0. The average Bonchev–Trinajstić information content (AvgIpc) is 3.42. The molecule has 152 valence electrons. The molecule has 2 saturated heterocycles. The molecule has 4 heterocycles. The molecule has 2 fully saturated rings. The van der Waals surface area contributed by atoms with E-state index in [9.17, 15) is 0 Å². The maximum absolute atomic E-state index is 4.68. The number of aromatic nitrogens is 4. The molecule has 29 heavy (non-hydrogen) atoms. The van der Waals surface area contributed by atoms with E-state index in [4.69, 9.17) is 0 Å². The van der Waals surface area contributed by atoms with E-state index in [1.807, 2.05) is 29.1 Å². The van der Waals surface area contributed by atoms with Gasteiger partial charge in [0.15, 0.2) is 17.0 Å². The Bertz CT molecular complexity index is 960. The number of hydrogen-bond donors (Lipinski definition) is 0. The Morgan fingerprint density at radius 2 is 1.72 bits per heavy atom. The van der Waals surface area contributed by atoms with Gasteiger partial charge in [0, 0.05) is 57.0 Å². The van der Waals surface area contributed by atoms with Crippen LogP contribution in [-0.4, -0.2) is 80.7 Å². The molecule has 5 rings (SSSR count). The lowest BCUT2D eigenvalue weighted by Crippen LogP contribution is -2.52. The largest absolute Gasteiger partial charge is 0.353 e. The fourth-order valence-electron chi connectivity index (χ4n) is 4.68. The first-order valence-electron chi connectivity index (χ1n) is 10.7. The average molecular weight is 392 g/mol. The van der Waals surface area contributed by atoms with E-state index in [0.717, 1.165) is 35.8 Å². The van der Waals surface area contributed by atoms with Gasteiger partial charge in [-0.15, -0.1) is 0 Å². The Balaban J connectivity index is 1.34. The molecule has 1 unspecified atom stereocenters. The molecule has 0 spiro atoms. The van der Waals surface area contributed by atoms with Gasteiger partial charge in [-0.3, -0.25) is 14.4 Å². The van der Waals surface area contributed by atoms with Crippen LogP contribution >= 0.6 is 0 Å². The number of imidazole rings is 1. The highest BCUT2D eigenvalue weighted by atomic mass is 15.3. The highest BCUT2D eigenvalue weighted by molar-refractivity contribution is 5.84. The van der Waals surface area contributed by atoms with Crippen molar-refractivity contribution in [3.05, 3.63) is 43.0 Å². The predicted octanol–water partition coefficient (Wildman–Crippen LogP) is 2.42. The van der Waals surface area contributed by atoms with Crippen molar-refractivity contribution in [1.29, 1.82) is 0 Å². The topological polar surface area (TPSA) is 53.3 Å². The molecule has 0 aliphatic carbocycles. The zero-order valence-electron chi connectivity index (χ0n) is 17.3. The third-order valence-corrected chi connectivity index (χ3v) is 6.41. The number of rotatable bonds is 4. The molecule has 0 bridgehead atoms. The van der Waals surface area contributed by atoms with E-state index in [0.29, 0.717) is 12.1 Å². The fraction of sp³-hybridized carbons (Fsp3) is 0.500. The number of benzene rings is 1. The van der Waals surface area contributed by atoms with Crippen molar-refractivity contribution in [1.82, 2.24) is 29.3 Å². The minimum atomic E-state index is 0.602. The van der Waals surface area contributed by atoms with Crippen molar-refractivity contribution in [2.75, 3.05) is 44.2 Å². The Morgan fingerprint density at radius 3 is 2.48 bits per heavy atom. The number of piperazine rings is 1. The molecule has 0 saturated carbocycles. The Kier molecular flexibility index (Phi) is 4.93. The SMILES string of the molecule is CC(C)N1CCN(C2CCN(c3ncnc4c3ncn4-c3ccccc3)C2)CC1. The highest BCUT2D eigenvalue weighted by Gasteiger charge is 2.32. The van der Waals surface area contributed by atoms with Crippen LogP contribution < -0.4 is 4.90 Å². The van der Waals surface area contributed by atoms with Gasteiger partial charge in [0.1, 0.15) is 12.7 Å². The van der Waals surface area contributed by atoms with E-state index in [-0.39, 0.29) is 0 Å². The van der Waals surface area contributed by atoms with Crippen molar-refractivity contribution in [2.24, 2.45) is 0 Å². The Labute approximate surface area is 172 Å². The fourth-order valence-corrected chi connectivity index (χ4v) is 4.68. The lowest BCUT2D eigenvalue weighted by atomic mass is 10.1. The number of hydrogen-bond acceptors (Lipinski definition) is 6. The van der Waals surface area contributed by atoms with E-state index >= 15 is 0 Å². The molecule has 0 amide bonds. The maximum Gasteiger partial charge on any atom is 0.170 e. The van der Waals surface area contributed by atoms with Crippen LogP contribution in [0.15, 0.2) is 43.0 Å². The van der Waals surface area contributed by atoms with Gasteiger partial charge in [0.25, 0.3) is 0 Å². The summed E-state index contributed by atoms with van der Waals surface area (Å²) in [5.74, 6) is 0.966. The van der Waals surface area contributed by atoms with E-state index in [1.54, 1.807) is 6.33 Å². The maximum atomic E-state index is 4.68. The van der Waals surface area contributed by atoms with Gasteiger partial charge in [-0.1, -0.05) is 18.2 Å². The molecular weight excluding hydrogens is 362 g/mol. The molecular formula is C22H29N7. The first kappa shape index (κ1) is 18.5.